The van der Waals surface area contributed by atoms with Crippen molar-refractivity contribution in [3.8, 4) is 0 Å². The van der Waals surface area contributed by atoms with E-state index in [0.717, 1.165) is 22.7 Å². The number of nitrogens with one attached hydrogen (secondary N) is 2. The van der Waals surface area contributed by atoms with Gasteiger partial charge in [-0.15, -0.1) is 22.7 Å². The molecule has 38 heavy (non-hydrogen) atoms. The first-order valence-electron chi connectivity index (χ1n) is 12.5. The van der Waals surface area contributed by atoms with Gasteiger partial charge in [0.1, 0.15) is 9.75 Å². The van der Waals surface area contributed by atoms with Crippen LogP contribution in [0.15, 0.2) is 0 Å². The molecule has 0 spiro atoms. The Morgan fingerprint density at radius 1 is 0.737 bits per heavy atom. The molecule has 0 aliphatic carbocycles. The van der Waals surface area contributed by atoms with Crippen LogP contribution in [0.25, 0.3) is 9.40 Å². The van der Waals surface area contributed by atoms with Gasteiger partial charge in [0.05, 0.1) is 73.5 Å². The number of morpholine rings is 2. The lowest BCUT2D eigenvalue weighted by Gasteiger charge is -2.26. The van der Waals surface area contributed by atoms with Gasteiger partial charge in [0.2, 0.25) is 11.8 Å². The van der Waals surface area contributed by atoms with E-state index < -0.39 is 11.9 Å². The largest absolute Gasteiger partial charge is 0.462 e. The summed E-state index contributed by atoms with van der Waals surface area (Å²) < 4.78 is 21.8. The van der Waals surface area contributed by atoms with Gasteiger partial charge in [-0.1, -0.05) is 0 Å². The molecular formula is C24H32N4O8S2. The van der Waals surface area contributed by atoms with Crippen LogP contribution in [0.4, 0.5) is 11.4 Å². The van der Waals surface area contributed by atoms with Gasteiger partial charge in [-0.05, 0) is 13.8 Å². The lowest BCUT2D eigenvalue weighted by Crippen LogP contribution is -2.41. The predicted molar refractivity (Wildman–Crippen MR) is 143 cm³/mol. The van der Waals surface area contributed by atoms with Gasteiger partial charge in [-0.3, -0.25) is 19.4 Å². The molecule has 0 unspecified atom stereocenters. The second kappa shape index (κ2) is 13.4. The number of carbonyl (C=O) groups is 4. The molecule has 2 amide bonds. The van der Waals surface area contributed by atoms with E-state index in [1.54, 1.807) is 13.8 Å². The molecule has 4 heterocycles. The van der Waals surface area contributed by atoms with Crippen molar-refractivity contribution in [1.29, 1.82) is 0 Å². The Morgan fingerprint density at radius 3 is 1.50 bits per heavy atom. The minimum Gasteiger partial charge on any atom is -0.462 e. The molecule has 208 valence electrons. The van der Waals surface area contributed by atoms with Crippen molar-refractivity contribution in [3.63, 3.8) is 0 Å². The van der Waals surface area contributed by atoms with E-state index in [2.05, 4.69) is 10.6 Å². The van der Waals surface area contributed by atoms with Crippen molar-refractivity contribution < 1.29 is 38.1 Å². The van der Waals surface area contributed by atoms with Crippen molar-refractivity contribution in [1.82, 2.24) is 9.80 Å². The zero-order valence-corrected chi connectivity index (χ0v) is 23.1. The van der Waals surface area contributed by atoms with E-state index >= 15 is 0 Å². The van der Waals surface area contributed by atoms with Crippen LogP contribution in [-0.2, 0) is 28.5 Å². The highest BCUT2D eigenvalue weighted by molar-refractivity contribution is 7.40. The van der Waals surface area contributed by atoms with Gasteiger partial charge in [-0.2, -0.15) is 0 Å². The first kappa shape index (κ1) is 28.4. The van der Waals surface area contributed by atoms with Crippen molar-refractivity contribution >= 4 is 67.2 Å². The monoisotopic (exact) mass is 568 g/mol. The van der Waals surface area contributed by atoms with Crippen LogP contribution in [-0.4, -0.2) is 112 Å². The van der Waals surface area contributed by atoms with Crippen LogP contribution >= 0.6 is 22.7 Å². The normalized spacial score (nSPS) is 16.8. The summed E-state index contributed by atoms with van der Waals surface area (Å²) in [6, 6.07) is 0. The summed E-state index contributed by atoms with van der Waals surface area (Å²) >= 11 is 2.21. The molecule has 0 bridgehead atoms. The Morgan fingerprint density at radius 2 is 1.13 bits per heavy atom. The van der Waals surface area contributed by atoms with E-state index in [-0.39, 0.29) is 59.2 Å². The molecule has 2 aliphatic rings. The minimum atomic E-state index is -0.592. The number of fused-ring (bicyclic) bond motifs is 1. The second-order valence-corrected chi connectivity index (χ2v) is 10.9. The van der Waals surface area contributed by atoms with Gasteiger partial charge < -0.3 is 29.6 Å². The van der Waals surface area contributed by atoms with Crippen LogP contribution < -0.4 is 10.6 Å². The molecule has 0 saturated carbocycles. The van der Waals surface area contributed by atoms with Crippen LogP contribution in [0, 0.1) is 0 Å². The average molecular weight is 569 g/mol. The topological polar surface area (TPSA) is 136 Å². The van der Waals surface area contributed by atoms with E-state index in [1.165, 1.54) is 0 Å². The summed E-state index contributed by atoms with van der Waals surface area (Å²) in [5, 5.41) is 6.14. The van der Waals surface area contributed by atoms with E-state index in [1.807, 2.05) is 9.80 Å². The molecule has 2 aliphatic heterocycles. The molecule has 2 N–H and O–H groups in total. The Kier molecular flexibility index (Phi) is 10.0. The maximum Gasteiger partial charge on any atom is 0.350 e. The molecule has 14 heteroatoms. The molecule has 2 saturated heterocycles. The molecule has 0 radical (unpaired) electrons. The third kappa shape index (κ3) is 6.87. The molecule has 0 atom stereocenters. The summed E-state index contributed by atoms with van der Waals surface area (Å²) in [4.78, 5) is 56.1. The molecule has 2 aromatic heterocycles. The minimum absolute atomic E-state index is 0.108. The number of hydrogen-bond acceptors (Lipinski definition) is 12. The quantitative estimate of drug-likeness (QED) is 0.409. The first-order valence-corrected chi connectivity index (χ1v) is 14.2. The van der Waals surface area contributed by atoms with Gasteiger partial charge in [0, 0.05) is 26.2 Å². The number of esters is 2. The zero-order chi connectivity index (χ0) is 27.1. The fourth-order valence-electron chi connectivity index (χ4n) is 4.17. The highest BCUT2D eigenvalue weighted by Crippen LogP contribution is 2.48. The number of ether oxygens (including phenoxy) is 4. The standard InChI is InChI=1S/C24H32N4O8S2/c1-3-35-22(31)20-18(25-15(29)13-27-5-9-33-10-6-27)17-19(21(23(32)36-4-2)38-24(17)37-20)26-16(30)14-28-7-11-34-12-8-28/h3-14H2,1-2H3,(H,25,29)(H,26,30). The number of amides is 2. The maximum atomic E-state index is 13.1. The maximum absolute atomic E-state index is 13.1. The first-order chi connectivity index (χ1) is 18.4. The number of anilines is 2. The fraction of sp³-hybridized carbons (Fsp3) is 0.583. The van der Waals surface area contributed by atoms with Crippen molar-refractivity contribution in [2.24, 2.45) is 0 Å². The number of nitrogens with zero attached hydrogens (tertiary/aromatic N) is 2. The molecule has 4 rings (SSSR count). The van der Waals surface area contributed by atoms with E-state index in [4.69, 9.17) is 18.9 Å². The van der Waals surface area contributed by atoms with E-state index in [9.17, 15) is 19.2 Å². The van der Waals surface area contributed by atoms with Gasteiger partial charge in [0.15, 0.2) is 0 Å². The van der Waals surface area contributed by atoms with Crippen molar-refractivity contribution in [2.45, 2.75) is 13.8 Å². The molecule has 2 aromatic rings. The zero-order valence-electron chi connectivity index (χ0n) is 21.5. The predicted octanol–water partition coefficient (Wildman–Crippen LogP) is 1.86. The fourth-order valence-corrected chi connectivity index (χ4v) is 6.61. The Hall–Kier alpha value is -2.62. The Bertz CT molecular complexity index is 1080. The number of rotatable bonds is 10. The van der Waals surface area contributed by atoms with E-state index in [0.29, 0.717) is 62.0 Å². The van der Waals surface area contributed by atoms with Crippen molar-refractivity contribution in [2.75, 3.05) is 89.5 Å². The lowest BCUT2D eigenvalue weighted by atomic mass is 10.2. The lowest BCUT2D eigenvalue weighted by molar-refractivity contribution is -0.119. The van der Waals surface area contributed by atoms with Crippen LogP contribution in [0.2, 0.25) is 0 Å². The smallest absolute Gasteiger partial charge is 0.350 e. The van der Waals surface area contributed by atoms with Crippen molar-refractivity contribution in [3.05, 3.63) is 9.75 Å². The number of thiophene rings is 2. The van der Waals surface area contributed by atoms with Gasteiger partial charge in [-0.25, -0.2) is 9.59 Å². The summed E-state index contributed by atoms with van der Waals surface area (Å²) in [5.41, 5.74) is 0.436. The highest BCUT2D eigenvalue weighted by atomic mass is 32.2. The summed E-state index contributed by atoms with van der Waals surface area (Å²) in [6.07, 6.45) is 0. The second-order valence-electron chi connectivity index (χ2n) is 8.59. The van der Waals surface area contributed by atoms with Gasteiger partial charge in [0.25, 0.3) is 0 Å². The third-order valence-electron chi connectivity index (χ3n) is 5.94. The average Bonchev–Trinajstić information content (AvgIpc) is 3.42. The summed E-state index contributed by atoms with van der Waals surface area (Å²) in [6.45, 7) is 8.54. The summed E-state index contributed by atoms with van der Waals surface area (Å²) in [5.74, 6) is -1.84. The van der Waals surface area contributed by atoms with Crippen LogP contribution in [0.1, 0.15) is 33.2 Å². The Balaban J connectivity index is 1.70. The number of carbonyl (C=O) groups excluding carboxylic acids is 4. The SMILES string of the molecule is CCOC(=O)c1sc2sc(C(=O)OCC)c(NC(=O)CN3CCOCC3)c2c1NC(=O)CN1CCOCC1. The Labute approximate surface area is 228 Å². The third-order valence-corrected chi connectivity index (χ3v) is 8.37. The number of hydrogen-bond donors (Lipinski definition) is 2. The molecule has 0 aromatic carbocycles. The van der Waals surface area contributed by atoms with Crippen LogP contribution in [0.5, 0.6) is 0 Å². The van der Waals surface area contributed by atoms with Gasteiger partial charge >= 0.3 is 11.9 Å². The van der Waals surface area contributed by atoms with Crippen LogP contribution in [0.3, 0.4) is 0 Å². The molecule has 12 nitrogen and oxygen atoms in total. The molecular weight excluding hydrogens is 536 g/mol. The molecule has 2 fully saturated rings. The highest BCUT2D eigenvalue weighted by Gasteiger charge is 2.31. The summed E-state index contributed by atoms with van der Waals surface area (Å²) in [7, 11) is 0.